The van der Waals surface area contributed by atoms with Gasteiger partial charge in [-0.1, -0.05) is 23.8 Å². The minimum Gasteiger partial charge on any atom is -0.338 e. The first-order valence-corrected chi connectivity index (χ1v) is 4.90. The predicted octanol–water partition coefficient (Wildman–Crippen LogP) is 2.38. The Bertz CT molecular complexity index is 390. The maximum absolute atomic E-state index is 11.8. The second-order valence-corrected chi connectivity index (χ2v) is 3.87. The van der Waals surface area contributed by atoms with Crippen LogP contribution in [0.2, 0.25) is 5.15 Å². The van der Waals surface area contributed by atoms with E-state index in [9.17, 15) is 4.79 Å². The fraction of sp³-hybridized carbons (Fsp3) is 0.273. The lowest BCUT2D eigenvalue weighted by Crippen LogP contribution is -2.28. The molecule has 0 aromatic carbocycles. The summed E-state index contributed by atoms with van der Waals surface area (Å²) in [6, 6.07) is 3.20. The van der Waals surface area contributed by atoms with E-state index in [2.05, 4.69) is 11.6 Å². The number of rotatable bonds is 3. The Balaban J connectivity index is 2.80. The van der Waals surface area contributed by atoms with E-state index in [-0.39, 0.29) is 5.91 Å². The van der Waals surface area contributed by atoms with Crippen LogP contribution in [0.25, 0.3) is 0 Å². The van der Waals surface area contributed by atoms with E-state index in [1.165, 1.54) is 6.20 Å². The molecule has 4 heteroatoms. The summed E-state index contributed by atoms with van der Waals surface area (Å²) in [5, 5.41) is 0.324. The molecule has 1 amide bonds. The van der Waals surface area contributed by atoms with Crippen molar-refractivity contribution in [2.24, 2.45) is 0 Å². The largest absolute Gasteiger partial charge is 0.338 e. The van der Waals surface area contributed by atoms with Gasteiger partial charge in [0.25, 0.3) is 5.91 Å². The number of aromatic nitrogens is 1. The summed E-state index contributed by atoms with van der Waals surface area (Å²) in [5.41, 5.74) is 1.48. The minimum absolute atomic E-state index is 0.0812. The van der Waals surface area contributed by atoms with Crippen molar-refractivity contribution in [1.82, 2.24) is 9.88 Å². The van der Waals surface area contributed by atoms with Gasteiger partial charge in [0.05, 0.1) is 0 Å². The molecular weight excluding hydrogens is 212 g/mol. The molecule has 0 saturated carbocycles. The lowest BCUT2D eigenvalue weighted by molar-refractivity contribution is 0.0807. The van der Waals surface area contributed by atoms with Crippen LogP contribution in [-0.2, 0) is 0 Å². The summed E-state index contributed by atoms with van der Waals surface area (Å²) in [7, 11) is 1.73. The SMILES string of the molecule is C=C(C)CN(C)C(=O)c1ccnc(Cl)c1. The molecule has 0 radical (unpaired) electrons. The number of nitrogens with zero attached hydrogens (tertiary/aromatic N) is 2. The lowest BCUT2D eigenvalue weighted by atomic mass is 10.2. The summed E-state index contributed by atoms with van der Waals surface area (Å²) >= 11 is 5.70. The van der Waals surface area contributed by atoms with E-state index in [1.807, 2.05) is 6.92 Å². The monoisotopic (exact) mass is 224 g/mol. The van der Waals surface area contributed by atoms with E-state index < -0.39 is 0 Å². The highest BCUT2D eigenvalue weighted by molar-refractivity contribution is 6.29. The standard InChI is InChI=1S/C11H13ClN2O/c1-8(2)7-14(3)11(15)9-4-5-13-10(12)6-9/h4-6H,1,7H2,2-3H3. The second-order valence-electron chi connectivity index (χ2n) is 3.49. The number of carbonyl (C=O) groups is 1. The van der Waals surface area contributed by atoms with Gasteiger partial charge in [-0.15, -0.1) is 0 Å². The molecule has 1 heterocycles. The Labute approximate surface area is 94.4 Å². The molecule has 0 unspecified atom stereocenters. The summed E-state index contributed by atoms with van der Waals surface area (Å²) < 4.78 is 0. The van der Waals surface area contributed by atoms with Gasteiger partial charge in [-0.25, -0.2) is 4.98 Å². The minimum atomic E-state index is -0.0812. The molecule has 1 aromatic rings. The molecule has 0 aliphatic carbocycles. The maximum Gasteiger partial charge on any atom is 0.254 e. The molecule has 15 heavy (non-hydrogen) atoms. The van der Waals surface area contributed by atoms with Crippen molar-refractivity contribution < 1.29 is 4.79 Å². The van der Waals surface area contributed by atoms with Crippen LogP contribution in [0.15, 0.2) is 30.5 Å². The van der Waals surface area contributed by atoms with Crippen LogP contribution in [0.5, 0.6) is 0 Å². The highest BCUT2D eigenvalue weighted by Crippen LogP contribution is 2.09. The molecule has 0 aliphatic rings. The normalized spacial score (nSPS) is 9.80. The van der Waals surface area contributed by atoms with Gasteiger partial charge < -0.3 is 4.90 Å². The average molecular weight is 225 g/mol. The zero-order chi connectivity index (χ0) is 11.4. The van der Waals surface area contributed by atoms with E-state index in [1.54, 1.807) is 24.1 Å². The fourth-order valence-corrected chi connectivity index (χ4v) is 1.41. The molecule has 3 nitrogen and oxygen atoms in total. The molecule has 0 N–H and O–H groups in total. The topological polar surface area (TPSA) is 33.2 Å². The molecule has 0 saturated heterocycles. The van der Waals surface area contributed by atoms with Crippen molar-refractivity contribution in [1.29, 1.82) is 0 Å². The van der Waals surface area contributed by atoms with E-state index in [0.717, 1.165) is 5.57 Å². The van der Waals surface area contributed by atoms with Gasteiger partial charge in [0.2, 0.25) is 0 Å². The third kappa shape index (κ3) is 3.36. The average Bonchev–Trinajstić information content (AvgIpc) is 2.15. The second kappa shape index (κ2) is 4.94. The highest BCUT2D eigenvalue weighted by Gasteiger charge is 2.11. The first kappa shape index (κ1) is 11.7. The number of hydrogen-bond acceptors (Lipinski definition) is 2. The van der Waals surface area contributed by atoms with Gasteiger partial charge in [0.1, 0.15) is 5.15 Å². The van der Waals surface area contributed by atoms with E-state index in [0.29, 0.717) is 17.3 Å². The van der Waals surface area contributed by atoms with E-state index >= 15 is 0 Å². The highest BCUT2D eigenvalue weighted by atomic mass is 35.5. The molecular formula is C11H13ClN2O. The molecule has 0 aliphatic heterocycles. The van der Waals surface area contributed by atoms with Crippen LogP contribution in [0, 0.1) is 0 Å². The maximum atomic E-state index is 11.8. The number of likely N-dealkylation sites (N-methyl/N-ethyl adjacent to an activating group) is 1. The molecule has 0 bridgehead atoms. The first-order valence-electron chi connectivity index (χ1n) is 4.52. The summed E-state index contributed by atoms with van der Waals surface area (Å²) in [6.07, 6.45) is 1.52. The zero-order valence-corrected chi connectivity index (χ0v) is 9.58. The Hall–Kier alpha value is -1.35. The van der Waals surface area contributed by atoms with Crippen LogP contribution in [0.4, 0.5) is 0 Å². The number of halogens is 1. The predicted molar refractivity (Wildman–Crippen MR) is 61.0 cm³/mol. The Morgan fingerprint density at radius 1 is 1.67 bits per heavy atom. The van der Waals surface area contributed by atoms with E-state index in [4.69, 9.17) is 11.6 Å². The first-order chi connectivity index (χ1) is 7.00. The number of amides is 1. The van der Waals surface area contributed by atoms with Gasteiger partial charge in [-0.3, -0.25) is 4.79 Å². The van der Waals surface area contributed by atoms with Crippen LogP contribution in [-0.4, -0.2) is 29.4 Å². The van der Waals surface area contributed by atoms with Crippen molar-refractivity contribution in [2.45, 2.75) is 6.92 Å². The van der Waals surface area contributed by atoms with Gasteiger partial charge in [-0.05, 0) is 19.1 Å². The summed E-state index contributed by atoms with van der Waals surface area (Å²) in [5.74, 6) is -0.0812. The van der Waals surface area contributed by atoms with Crippen LogP contribution >= 0.6 is 11.6 Å². The third-order valence-corrected chi connectivity index (χ3v) is 2.03. The zero-order valence-electron chi connectivity index (χ0n) is 8.83. The van der Waals surface area contributed by atoms with Crippen molar-refractivity contribution in [2.75, 3.05) is 13.6 Å². The van der Waals surface area contributed by atoms with Crippen molar-refractivity contribution >= 4 is 17.5 Å². The van der Waals surface area contributed by atoms with Crippen molar-refractivity contribution in [3.05, 3.63) is 41.2 Å². The Morgan fingerprint density at radius 3 is 2.87 bits per heavy atom. The molecule has 0 fully saturated rings. The lowest BCUT2D eigenvalue weighted by Gasteiger charge is -2.16. The Kier molecular flexibility index (Phi) is 3.86. The smallest absolute Gasteiger partial charge is 0.254 e. The number of carbonyl (C=O) groups excluding carboxylic acids is 1. The quantitative estimate of drug-likeness (QED) is 0.584. The molecule has 1 aromatic heterocycles. The summed E-state index contributed by atoms with van der Waals surface area (Å²) in [4.78, 5) is 17.2. The van der Waals surface area contributed by atoms with Gasteiger partial charge >= 0.3 is 0 Å². The van der Waals surface area contributed by atoms with Crippen molar-refractivity contribution in [3.63, 3.8) is 0 Å². The molecule has 1 rings (SSSR count). The van der Waals surface area contributed by atoms with Crippen LogP contribution < -0.4 is 0 Å². The fourth-order valence-electron chi connectivity index (χ4n) is 1.23. The van der Waals surface area contributed by atoms with Crippen LogP contribution in [0.1, 0.15) is 17.3 Å². The number of hydrogen-bond donors (Lipinski definition) is 0. The van der Waals surface area contributed by atoms with Gasteiger partial charge in [-0.2, -0.15) is 0 Å². The van der Waals surface area contributed by atoms with Crippen LogP contribution in [0.3, 0.4) is 0 Å². The number of pyridine rings is 1. The third-order valence-electron chi connectivity index (χ3n) is 1.83. The molecule has 0 spiro atoms. The van der Waals surface area contributed by atoms with Crippen molar-refractivity contribution in [3.8, 4) is 0 Å². The van der Waals surface area contributed by atoms with Gasteiger partial charge in [0.15, 0.2) is 0 Å². The molecule has 0 atom stereocenters. The van der Waals surface area contributed by atoms with Gasteiger partial charge in [0, 0.05) is 25.4 Å². The summed E-state index contributed by atoms with van der Waals surface area (Å²) in [6.45, 7) is 6.18. The Morgan fingerprint density at radius 2 is 2.33 bits per heavy atom. The molecule has 80 valence electrons.